The summed E-state index contributed by atoms with van der Waals surface area (Å²) in [4.78, 5) is 24.8. The molecule has 5 heteroatoms. The van der Waals surface area contributed by atoms with Crippen LogP contribution in [0, 0.1) is 0 Å². The lowest BCUT2D eigenvalue weighted by atomic mass is 10.0. The third-order valence-corrected chi connectivity index (χ3v) is 4.65. The topological polar surface area (TPSA) is 66.8 Å². The number of amides is 1. The van der Waals surface area contributed by atoms with Crippen LogP contribution in [0.1, 0.15) is 84.0 Å². The van der Waals surface area contributed by atoms with Gasteiger partial charge in [0.1, 0.15) is 12.7 Å². The smallest absolute Gasteiger partial charge is 0.409 e. The highest BCUT2D eigenvalue weighted by atomic mass is 16.6. The Morgan fingerprint density at radius 3 is 2.29 bits per heavy atom. The summed E-state index contributed by atoms with van der Waals surface area (Å²) >= 11 is 0. The fourth-order valence-electron chi connectivity index (χ4n) is 3.04. The number of nitrogens with zero attached hydrogens (tertiary/aromatic N) is 1. The van der Waals surface area contributed by atoms with Gasteiger partial charge >= 0.3 is 6.09 Å². The monoisotopic (exact) mass is 341 g/mol. The zero-order valence-corrected chi connectivity index (χ0v) is 15.3. The van der Waals surface area contributed by atoms with Crippen molar-refractivity contribution >= 4 is 11.9 Å². The fourth-order valence-corrected chi connectivity index (χ4v) is 3.04. The first kappa shape index (κ1) is 20.9. The number of hydrogen-bond donors (Lipinski definition) is 1. The summed E-state index contributed by atoms with van der Waals surface area (Å²) in [6.45, 7) is 3.84. The normalized spacial score (nSPS) is 15.6. The molecular formula is C19H35NO4. The van der Waals surface area contributed by atoms with Crippen LogP contribution in [-0.2, 0) is 9.53 Å². The first-order chi connectivity index (χ1) is 11.6. The van der Waals surface area contributed by atoms with Crippen LogP contribution in [0.15, 0.2) is 0 Å². The van der Waals surface area contributed by atoms with Crippen LogP contribution >= 0.6 is 0 Å². The number of hydrogen-bond acceptors (Lipinski definition) is 4. The molecule has 0 spiro atoms. The highest BCUT2D eigenvalue weighted by Crippen LogP contribution is 2.12. The van der Waals surface area contributed by atoms with E-state index in [1.807, 2.05) is 0 Å². The molecule has 1 N–H and O–H groups in total. The molecule has 0 saturated carbocycles. The van der Waals surface area contributed by atoms with Crippen molar-refractivity contribution in [2.24, 2.45) is 0 Å². The first-order valence-electron chi connectivity index (χ1n) is 9.77. The number of carbonyl (C=O) groups excluding carboxylic acids is 2. The molecule has 1 heterocycles. The Labute approximate surface area is 146 Å². The van der Waals surface area contributed by atoms with E-state index in [1.165, 1.54) is 44.9 Å². The molecular weight excluding hydrogens is 306 g/mol. The van der Waals surface area contributed by atoms with Crippen LogP contribution in [0.2, 0.25) is 0 Å². The van der Waals surface area contributed by atoms with Crippen LogP contribution in [0.5, 0.6) is 0 Å². The van der Waals surface area contributed by atoms with Crippen LogP contribution in [-0.4, -0.2) is 47.7 Å². The zero-order chi connectivity index (χ0) is 17.6. The molecule has 0 bridgehead atoms. The van der Waals surface area contributed by atoms with E-state index >= 15 is 0 Å². The predicted octanol–water partition coefficient (Wildman–Crippen LogP) is 4.07. The van der Waals surface area contributed by atoms with Crippen molar-refractivity contribution < 1.29 is 19.4 Å². The molecule has 0 aromatic carbocycles. The van der Waals surface area contributed by atoms with E-state index in [1.54, 1.807) is 4.90 Å². The van der Waals surface area contributed by atoms with Gasteiger partial charge < -0.3 is 14.7 Å². The number of aliphatic hydroxyl groups is 1. The Morgan fingerprint density at radius 2 is 1.71 bits per heavy atom. The van der Waals surface area contributed by atoms with Crippen LogP contribution in [0.25, 0.3) is 0 Å². The van der Waals surface area contributed by atoms with Gasteiger partial charge in [-0.1, -0.05) is 58.3 Å². The van der Waals surface area contributed by atoms with Gasteiger partial charge in [-0.25, -0.2) is 4.79 Å². The summed E-state index contributed by atoms with van der Waals surface area (Å²) in [5, 5.41) is 9.90. The van der Waals surface area contributed by atoms with Crippen molar-refractivity contribution in [1.29, 1.82) is 0 Å². The lowest BCUT2D eigenvalue weighted by Crippen LogP contribution is -2.27. The van der Waals surface area contributed by atoms with Gasteiger partial charge in [0.25, 0.3) is 0 Å². The molecule has 0 aromatic heterocycles. The second-order valence-corrected chi connectivity index (χ2v) is 6.80. The SMILES string of the molecule is CCCCCCCCCCCC(=O)C(O)CCCN1CCOC1=O. The van der Waals surface area contributed by atoms with Crippen molar-refractivity contribution in [2.75, 3.05) is 19.7 Å². The molecule has 1 rings (SSSR count). The lowest BCUT2D eigenvalue weighted by molar-refractivity contribution is -0.127. The van der Waals surface area contributed by atoms with Crippen molar-refractivity contribution in [3.8, 4) is 0 Å². The van der Waals surface area contributed by atoms with E-state index in [-0.39, 0.29) is 11.9 Å². The highest BCUT2D eigenvalue weighted by Gasteiger charge is 2.22. The third-order valence-electron chi connectivity index (χ3n) is 4.65. The van der Waals surface area contributed by atoms with E-state index in [4.69, 9.17) is 4.74 Å². The van der Waals surface area contributed by atoms with Crippen LogP contribution < -0.4 is 0 Å². The number of unbranched alkanes of at least 4 members (excludes halogenated alkanes) is 8. The molecule has 24 heavy (non-hydrogen) atoms. The number of cyclic esters (lactones) is 1. The first-order valence-corrected chi connectivity index (χ1v) is 9.77. The van der Waals surface area contributed by atoms with Crippen molar-refractivity contribution in [3.63, 3.8) is 0 Å². The quantitative estimate of drug-likeness (QED) is 0.456. The molecule has 1 saturated heterocycles. The minimum Gasteiger partial charge on any atom is -0.448 e. The Morgan fingerprint density at radius 1 is 1.08 bits per heavy atom. The molecule has 5 nitrogen and oxygen atoms in total. The molecule has 1 amide bonds. The Balaban J connectivity index is 1.93. The van der Waals surface area contributed by atoms with Gasteiger partial charge in [-0.2, -0.15) is 0 Å². The minimum atomic E-state index is -0.877. The highest BCUT2D eigenvalue weighted by molar-refractivity contribution is 5.82. The number of Topliss-reactive ketones (excluding diaryl/α,β-unsaturated/α-hetero) is 1. The summed E-state index contributed by atoms with van der Waals surface area (Å²) in [5.41, 5.74) is 0. The Hall–Kier alpha value is -1.10. The second kappa shape index (κ2) is 13.2. The summed E-state index contributed by atoms with van der Waals surface area (Å²) in [6.07, 6.45) is 11.4. The second-order valence-electron chi connectivity index (χ2n) is 6.80. The van der Waals surface area contributed by atoms with E-state index in [2.05, 4.69) is 6.92 Å². The van der Waals surface area contributed by atoms with Gasteiger partial charge in [-0.3, -0.25) is 4.79 Å². The van der Waals surface area contributed by atoms with Gasteiger partial charge in [-0.15, -0.1) is 0 Å². The molecule has 1 aliphatic rings. The maximum Gasteiger partial charge on any atom is 0.409 e. The molecule has 0 aromatic rings. The summed E-state index contributed by atoms with van der Waals surface area (Å²) < 4.78 is 4.84. The van der Waals surface area contributed by atoms with Gasteiger partial charge in [-0.05, 0) is 19.3 Å². The maximum absolute atomic E-state index is 11.9. The molecule has 1 aliphatic heterocycles. The standard InChI is InChI=1S/C19H35NO4/c1-2-3-4-5-6-7-8-9-10-12-17(21)18(22)13-11-14-20-15-16-24-19(20)23/h18,22H,2-16H2,1H3. The number of ketones is 1. The number of aliphatic hydroxyl groups excluding tert-OH is 1. The van der Waals surface area contributed by atoms with Crippen molar-refractivity contribution in [1.82, 2.24) is 4.90 Å². The van der Waals surface area contributed by atoms with E-state index in [9.17, 15) is 14.7 Å². The van der Waals surface area contributed by atoms with Gasteiger partial charge in [0, 0.05) is 13.0 Å². The van der Waals surface area contributed by atoms with E-state index < -0.39 is 6.10 Å². The summed E-state index contributed by atoms with van der Waals surface area (Å²) in [7, 11) is 0. The van der Waals surface area contributed by atoms with Crippen molar-refractivity contribution in [2.45, 2.75) is 90.1 Å². The molecule has 1 fully saturated rings. The summed E-state index contributed by atoms with van der Waals surface area (Å²) in [6, 6.07) is 0. The maximum atomic E-state index is 11.9. The Bertz CT molecular complexity index is 359. The molecule has 0 aliphatic carbocycles. The van der Waals surface area contributed by atoms with Crippen LogP contribution in [0.4, 0.5) is 4.79 Å². The lowest BCUT2D eigenvalue weighted by Gasteiger charge is -2.14. The largest absolute Gasteiger partial charge is 0.448 e. The molecule has 1 atom stereocenters. The predicted molar refractivity (Wildman–Crippen MR) is 95.0 cm³/mol. The number of carbonyl (C=O) groups is 2. The van der Waals surface area contributed by atoms with E-state index in [0.717, 1.165) is 12.8 Å². The molecule has 140 valence electrons. The number of rotatable bonds is 15. The van der Waals surface area contributed by atoms with Gasteiger partial charge in [0.05, 0.1) is 6.54 Å². The molecule has 1 unspecified atom stereocenters. The molecule has 0 radical (unpaired) electrons. The van der Waals surface area contributed by atoms with Crippen molar-refractivity contribution in [3.05, 3.63) is 0 Å². The fraction of sp³-hybridized carbons (Fsp3) is 0.895. The number of ether oxygens (including phenoxy) is 1. The third kappa shape index (κ3) is 9.26. The average Bonchev–Trinajstić information content (AvgIpc) is 2.98. The minimum absolute atomic E-state index is 0.0538. The average molecular weight is 341 g/mol. The van der Waals surface area contributed by atoms with Gasteiger partial charge in [0.2, 0.25) is 0 Å². The van der Waals surface area contributed by atoms with Gasteiger partial charge in [0.15, 0.2) is 5.78 Å². The summed E-state index contributed by atoms with van der Waals surface area (Å²) in [5.74, 6) is -0.0538. The zero-order valence-electron chi connectivity index (χ0n) is 15.3. The van der Waals surface area contributed by atoms with Crippen LogP contribution in [0.3, 0.4) is 0 Å². The Kier molecular flexibility index (Phi) is 11.5. The van der Waals surface area contributed by atoms with E-state index in [0.29, 0.717) is 39.0 Å².